The first kappa shape index (κ1) is 14.2. The minimum Gasteiger partial charge on any atom is -0.478 e. The molecular weight excluding hydrogens is 232 g/mol. The molecule has 0 saturated heterocycles. The van der Waals surface area contributed by atoms with Gasteiger partial charge < -0.3 is 10.0 Å². The molecule has 5 heteroatoms. The van der Waals surface area contributed by atoms with Crippen molar-refractivity contribution in [2.24, 2.45) is 0 Å². The highest BCUT2D eigenvalue weighted by atomic mass is 16.4. The lowest BCUT2D eigenvalue weighted by atomic mass is 10.1. The van der Waals surface area contributed by atoms with Gasteiger partial charge in [0.05, 0.1) is 5.56 Å². The Morgan fingerprint density at radius 3 is 2.72 bits per heavy atom. The Hall–Kier alpha value is -1.91. The fourth-order valence-corrected chi connectivity index (χ4v) is 1.63. The Labute approximate surface area is 106 Å². The van der Waals surface area contributed by atoms with E-state index in [-0.39, 0.29) is 17.2 Å². The molecule has 1 amide bonds. The van der Waals surface area contributed by atoms with Crippen LogP contribution in [0.4, 0.5) is 0 Å². The summed E-state index contributed by atoms with van der Waals surface area (Å²) in [4.78, 5) is 28.5. The van der Waals surface area contributed by atoms with E-state index in [0.29, 0.717) is 6.54 Å². The quantitative estimate of drug-likeness (QED) is 0.784. The number of unbranched alkanes of at least 4 members (excludes halogenated alkanes) is 2. The summed E-state index contributed by atoms with van der Waals surface area (Å²) in [6.45, 7) is 2.70. The number of carboxylic acid groups (broad SMARTS) is 1. The molecular formula is C13H18N2O3. The van der Waals surface area contributed by atoms with Crippen molar-refractivity contribution < 1.29 is 14.7 Å². The monoisotopic (exact) mass is 250 g/mol. The molecule has 1 aromatic rings. The van der Waals surface area contributed by atoms with Gasteiger partial charge in [0.1, 0.15) is 5.69 Å². The minimum atomic E-state index is -1.13. The number of aromatic nitrogens is 1. The van der Waals surface area contributed by atoms with E-state index in [9.17, 15) is 9.59 Å². The van der Waals surface area contributed by atoms with Crippen LogP contribution in [-0.2, 0) is 0 Å². The number of rotatable bonds is 6. The van der Waals surface area contributed by atoms with Gasteiger partial charge in [-0.2, -0.15) is 0 Å². The number of nitrogens with zero attached hydrogens (tertiary/aromatic N) is 2. The van der Waals surface area contributed by atoms with Gasteiger partial charge >= 0.3 is 5.97 Å². The number of hydrogen-bond donors (Lipinski definition) is 1. The first-order chi connectivity index (χ1) is 8.57. The van der Waals surface area contributed by atoms with E-state index in [1.54, 1.807) is 7.05 Å². The van der Waals surface area contributed by atoms with Crippen LogP contribution in [0.3, 0.4) is 0 Å². The fourth-order valence-electron chi connectivity index (χ4n) is 1.63. The van der Waals surface area contributed by atoms with Crippen LogP contribution in [-0.4, -0.2) is 40.5 Å². The second-order valence-corrected chi connectivity index (χ2v) is 4.14. The summed E-state index contributed by atoms with van der Waals surface area (Å²) in [7, 11) is 1.66. The molecule has 1 heterocycles. The molecule has 0 fully saturated rings. The number of amides is 1. The lowest BCUT2D eigenvalue weighted by Gasteiger charge is -2.17. The maximum absolute atomic E-state index is 12.1. The van der Waals surface area contributed by atoms with E-state index in [2.05, 4.69) is 11.9 Å². The summed E-state index contributed by atoms with van der Waals surface area (Å²) in [5.74, 6) is -1.47. The number of carbonyl (C=O) groups is 2. The van der Waals surface area contributed by atoms with Gasteiger partial charge in [-0.25, -0.2) is 4.79 Å². The SMILES string of the molecule is CCCCCN(C)C(=O)c1ncccc1C(=O)O. The van der Waals surface area contributed by atoms with Gasteiger partial charge in [0.25, 0.3) is 5.91 Å². The van der Waals surface area contributed by atoms with E-state index in [4.69, 9.17) is 5.11 Å². The average molecular weight is 250 g/mol. The standard InChI is InChI=1S/C13H18N2O3/c1-3-4-5-9-15(2)12(16)11-10(13(17)18)7-6-8-14-11/h6-8H,3-5,9H2,1-2H3,(H,17,18). The first-order valence-corrected chi connectivity index (χ1v) is 6.01. The Kier molecular flexibility index (Phi) is 5.30. The van der Waals surface area contributed by atoms with Gasteiger partial charge in [-0.1, -0.05) is 19.8 Å². The van der Waals surface area contributed by atoms with Crippen LogP contribution in [0, 0.1) is 0 Å². The smallest absolute Gasteiger partial charge is 0.338 e. The molecule has 0 aromatic carbocycles. The Balaban J connectivity index is 2.80. The second-order valence-electron chi connectivity index (χ2n) is 4.14. The number of carbonyl (C=O) groups excluding carboxylic acids is 1. The van der Waals surface area contributed by atoms with Gasteiger partial charge in [0, 0.05) is 19.8 Å². The Morgan fingerprint density at radius 2 is 2.11 bits per heavy atom. The van der Waals surface area contributed by atoms with Crippen molar-refractivity contribution in [2.75, 3.05) is 13.6 Å². The van der Waals surface area contributed by atoms with E-state index >= 15 is 0 Å². The number of hydrogen-bond acceptors (Lipinski definition) is 3. The molecule has 0 atom stereocenters. The van der Waals surface area contributed by atoms with Crippen molar-refractivity contribution in [3.8, 4) is 0 Å². The molecule has 1 N–H and O–H groups in total. The summed E-state index contributed by atoms with van der Waals surface area (Å²) >= 11 is 0. The maximum Gasteiger partial charge on any atom is 0.338 e. The molecule has 0 saturated carbocycles. The summed E-state index contributed by atoms with van der Waals surface area (Å²) in [6.07, 6.45) is 4.46. The molecule has 0 spiro atoms. The van der Waals surface area contributed by atoms with Crippen LogP contribution in [0.15, 0.2) is 18.3 Å². The van der Waals surface area contributed by atoms with Gasteiger partial charge in [0.2, 0.25) is 0 Å². The highest BCUT2D eigenvalue weighted by molar-refractivity contribution is 6.03. The van der Waals surface area contributed by atoms with Crippen molar-refractivity contribution in [1.82, 2.24) is 9.88 Å². The summed E-state index contributed by atoms with van der Waals surface area (Å²) in [5, 5.41) is 9.00. The fraction of sp³-hybridized carbons (Fsp3) is 0.462. The molecule has 18 heavy (non-hydrogen) atoms. The van der Waals surface area contributed by atoms with Crippen LogP contribution in [0.1, 0.15) is 47.0 Å². The zero-order valence-corrected chi connectivity index (χ0v) is 10.7. The second kappa shape index (κ2) is 6.74. The number of carboxylic acids is 1. The van der Waals surface area contributed by atoms with Gasteiger partial charge in [-0.3, -0.25) is 9.78 Å². The molecule has 0 aliphatic carbocycles. The zero-order valence-electron chi connectivity index (χ0n) is 10.7. The van der Waals surface area contributed by atoms with E-state index in [0.717, 1.165) is 19.3 Å². The van der Waals surface area contributed by atoms with Gasteiger partial charge in [-0.05, 0) is 18.6 Å². The van der Waals surface area contributed by atoms with E-state index < -0.39 is 5.97 Å². The maximum atomic E-state index is 12.1. The van der Waals surface area contributed by atoms with Crippen LogP contribution < -0.4 is 0 Å². The van der Waals surface area contributed by atoms with Crippen LogP contribution in [0.2, 0.25) is 0 Å². The summed E-state index contributed by atoms with van der Waals surface area (Å²) in [5.41, 5.74) is -0.0474. The van der Waals surface area contributed by atoms with Crippen molar-refractivity contribution in [1.29, 1.82) is 0 Å². The molecule has 98 valence electrons. The molecule has 0 unspecified atom stereocenters. The third-order valence-electron chi connectivity index (χ3n) is 2.68. The summed E-state index contributed by atoms with van der Waals surface area (Å²) < 4.78 is 0. The average Bonchev–Trinajstić information content (AvgIpc) is 2.38. The molecule has 0 bridgehead atoms. The Morgan fingerprint density at radius 1 is 1.39 bits per heavy atom. The molecule has 5 nitrogen and oxygen atoms in total. The lowest BCUT2D eigenvalue weighted by Crippen LogP contribution is -2.30. The third kappa shape index (κ3) is 3.55. The van der Waals surface area contributed by atoms with Gasteiger partial charge in [-0.15, -0.1) is 0 Å². The predicted octanol–water partition coefficient (Wildman–Crippen LogP) is 2.04. The number of pyridine rings is 1. The van der Waals surface area contributed by atoms with Crippen molar-refractivity contribution >= 4 is 11.9 Å². The third-order valence-corrected chi connectivity index (χ3v) is 2.68. The highest BCUT2D eigenvalue weighted by Crippen LogP contribution is 2.09. The lowest BCUT2D eigenvalue weighted by molar-refractivity contribution is 0.0679. The minimum absolute atomic E-state index is 0.00370. The van der Waals surface area contributed by atoms with Crippen LogP contribution in [0.25, 0.3) is 0 Å². The van der Waals surface area contributed by atoms with Gasteiger partial charge in [0.15, 0.2) is 0 Å². The number of aromatic carboxylic acids is 1. The molecule has 1 rings (SSSR count). The summed E-state index contributed by atoms with van der Waals surface area (Å²) in [6, 6.07) is 2.90. The predicted molar refractivity (Wildman–Crippen MR) is 67.7 cm³/mol. The first-order valence-electron chi connectivity index (χ1n) is 6.01. The van der Waals surface area contributed by atoms with E-state index in [1.807, 2.05) is 0 Å². The molecule has 1 aromatic heterocycles. The molecule has 0 aliphatic rings. The normalized spacial score (nSPS) is 10.1. The molecule has 0 aliphatic heterocycles. The highest BCUT2D eigenvalue weighted by Gasteiger charge is 2.20. The topological polar surface area (TPSA) is 70.5 Å². The van der Waals surface area contributed by atoms with Crippen LogP contribution in [0.5, 0.6) is 0 Å². The van der Waals surface area contributed by atoms with Crippen molar-refractivity contribution in [3.63, 3.8) is 0 Å². The molecule has 0 radical (unpaired) electrons. The zero-order chi connectivity index (χ0) is 13.5. The van der Waals surface area contributed by atoms with Crippen LogP contribution >= 0.6 is 0 Å². The van der Waals surface area contributed by atoms with Crippen molar-refractivity contribution in [3.05, 3.63) is 29.6 Å². The Bertz CT molecular complexity index is 432. The van der Waals surface area contributed by atoms with Crippen molar-refractivity contribution in [2.45, 2.75) is 26.2 Å². The van der Waals surface area contributed by atoms with E-state index in [1.165, 1.54) is 23.2 Å². The largest absolute Gasteiger partial charge is 0.478 e.